The summed E-state index contributed by atoms with van der Waals surface area (Å²) in [5.41, 5.74) is 0. The van der Waals surface area contributed by atoms with Crippen LogP contribution < -0.4 is 0 Å². The standard InChI is InChI=1S/C77H140O6/c1-4-7-10-13-16-19-22-25-28-31-34-36-38-40-43-46-49-52-55-58-61-64-67-70-76(79)82-73-74(72-81-75(78)69-66-63-60-57-54-51-48-45-42-33-30-27-24-21-18-15-12-9-6-3)83-77(80)71-68-65-62-59-56-53-50-47-44-41-39-37-35-32-29-26-23-20-17-14-11-8-5-2/h18,21-22,25,27,30-31,34,38,40,74H,4-17,19-20,23-24,26,28-29,32-33,35-37,39,41-73H2,1-3H3/b21-18-,25-22-,30-27-,34-31-,40-38-. The zero-order valence-corrected chi connectivity index (χ0v) is 55.7. The summed E-state index contributed by atoms with van der Waals surface area (Å²) in [5, 5.41) is 0. The summed E-state index contributed by atoms with van der Waals surface area (Å²) in [6.07, 6.45) is 92.4. The van der Waals surface area contributed by atoms with Gasteiger partial charge in [0.25, 0.3) is 0 Å². The Hall–Kier alpha value is -2.89. The molecule has 0 fully saturated rings. The van der Waals surface area contributed by atoms with E-state index in [4.69, 9.17) is 14.2 Å². The van der Waals surface area contributed by atoms with Gasteiger partial charge in [-0.05, 0) is 89.9 Å². The number of allylic oxidation sites excluding steroid dienone is 10. The number of rotatable bonds is 68. The van der Waals surface area contributed by atoms with Crippen LogP contribution in [0.5, 0.6) is 0 Å². The first-order valence-corrected chi connectivity index (χ1v) is 36.8. The minimum Gasteiger partial charge on any atom is -0.462 e. The van der Waals surface area contributed by atoms with Crippen LogP contribution in [-0.4, -0.2) is 37.2 Å². The van der Waals surface area contributed by atoms with Gasteiger partial charge in [0.1, 0.15) is 13.2 Å². The van der Waals surface area contributed by atoms with E-state index in [1.54, 1.807) is 0 Å². The van der Waals surface area contributed by atoms with E-state index >= 15 is 0 Å². The number of carbonyl (C=O) groups excluding carboxylic acids is 3. The molecule has 0 aromatic heterocycles. The van der Waals surface area contributed by atoms with Crippen molar-refractivity contribution in [3.63, 3.8) is 0 Å². The smallest absolute Gasteiger partial charge is 0.306 e. The fraction of sp³-hybridized carbons (Fsp3) is 0.831. The molecule has 0 spiro atoms. The van der Waals surface area contributed by atoms with Crippen LogP contribution in [0, 0.1) is 0 Å². The summed E-state index contributed by atoms with van der Waals surface area (Å²) in [5.74, 6) is -0.859. The molecule has 6 nitrogen and oxygen atoms in total. The minimum absolute atomic E-state index is 0.0751. The molecule has 0 aliphatic rings. The SMILES string of the molecule is CCCCC/C=C\C/C=C\CCCCCCCCCCCC(=O)OCC(COC(=O)CCCCCCCCCC/C=C\C/C=C\C/C=C\CCCCCCC)OC(=O)CCCCCCCCCCCCCCCCCCCCCCCCC. The Kier molecular flexibility index (Phi) is 69.1. The van der Waals surface area contributed by atoms with Crippen LogP contribution in [0.2, 0.25) is 0 Å². The van der Waals surface area contributed by atoms with E-state index in [2.05, 4.69) is 81.5 Å². The van der Waals surface area contributed by atoms with E-state index in [-0.39, 0.29) is 31.1 Å². The van der Waals surface area contributed by atoms with Crippen molar-refractivity contribution in [3.05, 3.63) is 60.8 Å². The topological polar surface area (TPSA) is 78.9 Å². The third-order valence-corrected chi connectivity index (χ3v) is 16.5. The van der Waals surface area contributed by atoms with Crippen LogP contribution in [0.25, 0.3) is 0 Å². The second kappa shape index (κ2) is 71.6. The Bertz CT molecular complexity index is 1470. The monoisotopic (exact) mass is 1160 g/mol. The number of hydrogen-bond acceptors (Lipinski definition) is 6. The van der Waals surface area contributed by atoms with Crippen molar-refractivity contribution in [3.8, 4) is 0 Å². The highest BCUT2D eigenvalue weighted by atomic mass is 16.6. The molecule has 484 valence electrons. The molecule has 6 heteroatoms. The lowest BCUT2D eigenvalue weighted by molar-refractivity contribution is -0.167. The van der Waals surface area contributed by atoms with Crippen LogP contribution in [0.15, 0.2) is 60.8 Å². The molecule has 0 radical (unpaired) electrons. The second-order valence-electron chi connectivity index (χ2n) is 24.9. The first kappa shape index (κ1) is 80.1. The number of ether oxygens (including phenoxy) is 3. The van der Waals surface area contributed by atoms with E-state index in [0.717, 1.165) is 83.5 Å². The van der Waals surface area contributed by atoms with Gasteiger partial charge in [-0.2, -0.15) is 0 Å². The maximum absolute atomic E-state index is 13.0. The predicted molar refractivity (Wildman–Crippen MR) is 362 cm³/mol. The predicted octanol–water partition coefficient (Wildman–Crippen LogP) is 25.5. The highest BCUT2D eigenvalue weighted by Crippen LogP contribution is 2.18. The van der Waals surface area contributed by atoms with Crippen molar-refractivity contribution < 1.29 is 28.6 Å². The molecule has 1 atom stereocenters. The zero-order valence-electron chi connectivity index (χ0n) is 55.7. The number of esters is 3. The molecule has 0 bridgehead atoms. The molecule has 0 aliphatic heterocycles. The molecule has 0 aliphatic carbocycles. The summed E-state index contributed by atoms with van der Waals surface area (Å²) in [6, 6.07) is 0. The third-order valence-electron chi connectivity index (χ3n) is 16.5. The zero-order chi connectivity index (χ0) is 59.9. The molecule has 0 aromatic rings. The van der Waals surface area contributed by atoms with Gasteiger partial charge >= 0.3 is 17.9 Å². The Balaban J connectivity index is 4.35. The maximum Gasteiger partial charge on any atom is 0.306 e. The summed E-state index contributed by atoms with van der Waals surface area (Å²) >= 11 is 0. The van der Waals surface area contributed by atoms with Crippen molar-refractivity contribution in [2.45, 2.75) is 399 Å². The van der Waals surface area contributed by atoms with Crippen molar-refractivity contribution in [1.82, 2.24) is 0 Å². The van der Waals surface area contributed by atoms with Crippen molar-refractivity contribution in [1.29, 1.82) is 0 Å². The van der Waals surface area contributed by atoms with Crippen LogP contribution in [0.4, 0.5) is 0 Å². The Morgan fingerprint density at radius 3 is 0.699 bits per heavy atom. The van der Waals surface area contributed by atoms with Crippen LogP contribution in [0.1, 0.15) is 393 Å². The third kappa shape index (κ3) is 69.8. The molecule has 0 rings (SSSR count). The van der Waals surface area contributed by atoms with E-state index in [1.807, 2.05) is 0 Å². The molecule has 83 heavy (non-hydrogen) atoms. The van der Waals surface area contributed by atoms with Crippen LogP contribution in [0.3, 0.4) is 0 Å². The van der Waals surface area contributed by atoms with Gasteiger partial charge < -0.3 is 14.2 Å². The number of carbonyl (C=O) groups is 3. The van der Waals surface area contributed by atoms with Crippen molar-refractivity contribution in [2.24, 2.45) is 0 Å². The molecule has 0 N–H and O–H groups in total. The summed E-state index contributed by atoms with van der Waals surface area (Å²) in [6.45, 7) is 6.67. The second-order valence-corrected chi connectivity index (χ2v) is 24.9. The summed E-state index contributed by atoms with van der Waals surface area (Å²) in [4.78, 5) is 38.5. The Morgan fingerprint density at radius 2 is 0.434 bits per heavy atom. The first-order valence-electron chi connectivity index (χ1n) is 36.8. The lowest BCUT2D eigenvalue weighted by Gasteiger charge is -2.18. The van der Waals surface area contributed by atoms with Gasteiger partial charge in [0, 0.05) is 19.3 Å². The lowest BCUT2D eigenvalue weighted by atomic mass is 10.0. The summed E-state index contributed by atoms with van der Waals surface area (Å²) < 4.78 is 17.0. The average Bonchev–Trinajstić information content (AvgIpc) is 3.49. The molecule has 0 amide bonds. The van der Waals surface area contributed by atoms with Gasteiger partial charge in [0.05, 0.1) is 0 Å². The number of unbranched alkanes of at least 4 members (excludes halogenated alkanes) is 47. The highest BCUT2D eigenvalue weighted by molar-refractivity contribution is 5.71. The van der Waals surface area contributed by atoms with E-state index < -0.39 is 6.10 Å². The summed E-state index contributed by atoms with van der Waals surface area (Å²) in [7, 11) is 0. The van der Waals surface area contributed by atoms with E-state index in [1.165, 1.54) is 270 Å². The Labute approximate surface area is 517 Å². The normalized spacial score (nSPS) is 12.4. The quantitative estimate of drug-likeness (QED) is 0.0261. The fourth-order valence-corrected chi connectivity index (χ4v) is 11.0. The first-order chi connectivity index (χ1) is 41.0. The van der Waals surface area contributed by atoms with E-state index in [9.17, 15) is 14.4 Å². The molecular formula is C77H140O6. The molecule has 1 unspecified atom stereocenters. The average molecular weight is 1160 g/mol. The largest absolute Gasteiger partial charge is 0.462 e. The van der Waals surface area contributed by atoms with Crippen molar-refractivity contribution in [2.75, 3.05) is 13.2 Å². The van der Waals surface area contributed by atoms with Crippen molar-refractivity contribution >= 4 is 17.9 Å². The highest BCUT2D eigenvalue weighted by Gasteiger charge is 2.19. The Morgan fingerprint density at radius 1 is 0.241 bits per heavy atom. The van der Waals surface area contributed by atoms with E-state index in [0.29, 0.717) is 19.3 Å². The number of hydrogen-bond donors (Lipinski definition) is 0. The maximum atomic E-state index is 13.0. The molecule has 0 saturated heterocycles. The molecule has 0 heterocycles. The molecule has 0 aromatic carbocycles. The molecular weight excluding hydrogens is 1020 g/mol. The lowest BCUT2D eigenvalue weighted by Crippen LogP contribution is -2.30. The fourth-order valence-electron chi connectivity index (χ4n) is 11.0. The van der Waals surface area contributed by atoms with Gasteiger partial charge in [-0.3, -0.25) is 14.4 Å². The van der Waals surface area contributed by atoms with Crippen LogP contribution in [-0.2, 0) is 28.6 Å². The minimum atomic E-state index is -0.780. The van der Waals surface area contributed by atoms with Gasteiger partial charge in [-0.15, -0.1) is 0 Å². The van der Waals surface area contributed by atoms with Gasteiger partial charge in [0.15, 0.2) is 6.10 Å². The molecule has 0 saturated carbocycles. The van der Waals surface area contributed by atoms with Crippen LogP contribution >= 0.6 is 0 Å². The van der Waals surface area contributed by atoms with Gasteiger partial charge in [-0.25, -0.2) is 0 Å². The van der Waals surface area contributed by atoms with Gasteiger partial charge in [-0.1, -0.05) is 345 Å². The van der Waals surface area contributed by atoms with Gasteiger partial charge in [0.2, 0.25) is 0 Å².